The normalized spacial score (nSPS) is 16.5. The summed E-state index contributed by atoms with van der Waals surface area (Å²) < 4.78 is 5.51. The van der Waals surface area contributed by atoms with Gasteiger partial charge in [-0.05, 0) is 18.2 Å². The fraction of sp³-hybridized carbons (Fsp3) is 0.133. The van der Waals surface area contributed by atoms with Crippen LogP contribution in [-0.2, 0) is 4.79 Å². The first-order chi connectivity index (χ1) is 9.25. The third kappa shape index (κ3) is 2.12. The summed E-state index contributed by atoms with van der Waals surface area (Å²) in [5, 5.41) is 2.85. The summed E-state index contributed by atoms with van der Waals surface area (Å²) in [6.07, 6.45) is 0. The van der Waals surface area contributed by atoms with Gasteiger partial charge >= 0.3 is 0 Å². The molecular formula is C15H14N2O2. The average molecular weight is 254 g/mol. The fourth-order valence-corrected chi connectivity index (χ4v) is 2.21. The number of hydrogen-bond donors (Lipinski definition) is 2. The number of rotatable bonds is 2. The van der Waals surface area contributed by atoms with E-state index in [9.17, 15) is 4.79 Å². The first-order valence-corrected chi connectivity index (χ1v) is 6.13. The Hall–Kier alpha value is -2.49. The molecule has 2 aromatic carbocycles. The molecule has 1 heterocycles. The molecule has 2 aromatic rings. The van der Waals surface area contributed by atoms with Crippen molar-refractivity contribution in [1.82, 2.24) is 0 Å². The zero-order valence-electron chi connectivity index (χ0n) is 10.3. The summed E-state index contributed by atoms with van der Waals surface area (Å²) in [6.45, 7) is 0.373. The molecule has 19 heavy (non-hydrogen) atoms. The molecule has 4 nitrogen and oxygen atoms in total. The molecule has 0 bridgehead atoms. The van der Waals surface area contributed by atoms with Crippen LogP contribution >= 0.6 is 0 Å². The number of nitrogens with two attached hydrogens (primary N) is 1. The van der Waals surface area contributed by atoms with Crippen LogP contribution in [0.3, 0.4) is 0 Å². The van der Waals surface area contributed by atoms with Gasteiger partial charge < -0.3 is 15.8 Å². The maximum absolute atomic E-state index is 12.3. The number of nitrogens with one attached hydrogen (secondary N) is 1. The van der Waals surface area contributed by atoms with Gasteiger partial charge in [0, 0.05) is 5.56 Å². The minimum absolute atomic E-state index is 0.0946. The van der Waals surface area contributed by atoms with Gasteiger partial charge in [-0.2, -0.15) is 0 Å². The van der Waals surface area contributed by atoms with Crippen molar-refractivity contribution in [2.24, 2.45) is 0 Å². The van der Waals surface area contributed by atoms with E-state index in [-0.39, 0.29) is 11.8 Å². The van der Waals surface area contributed by atoms with Gasteiger partial charge in [0.1, 0.15) is 18.3 Å². The van der Waals surface area contributed by atoms with Gasteiger partial charge in [-0.25, -0.2) is 0 Å². The van der Waals surface area contributed by atoms with Crippen LogP contribution in [0, 0.1) is 0 Å². The zero-order chi connectivity index (χ0) is 13.2. The Kier molecular flexibility index (Phi) is 2.83. The Bertz CT molecular complexity index is 625. The van der Waals surface area contributed by atoms with Crippen molar-refractivity contribution in [2.45, 2.75) is 5.92 Å². The number of carbonyl (C=O) groups excluding carboxylic acids is 1. The maximum atomic E-state index is 12.3. The van der Waals surface area contributed by atoms with Crippen molar-refractivity contribution in [2.75, 3.05) is 17.7 Å². The molecule has 0 aromatic heterocycles. The molecule has 4 heteroatoms. The minimum Gasteiger partial charge on any atom is -0.492 e. The van der Waals surface area contributed by atoms with E-state index in [1.807, 2.05) is 36.4 Å². The van der Waals surface area contributed by atoms with Crippen LogP contribution in [-0.4, -0.2) is 12.5 Å². The van der Waals surface area contributed by atoms with Crippen molar-refractivity contribution in [3.8, 4) is 5.75 Å². The summed E-state index contributed by atoms with van der Waals surface area (Å²) in [5.74, 6) is 0.405. The molecule has 1 amide bonds. The van der Waals surface area contributed by atoms with Crippen LogP contribution in [0.25, 0.3) is 0 Å². The maximum Gasteiger partial charge on any atom is 0.235 e. The lowest BCUT2D eigenvalue weighted by molar-refractivity contribution is -0.117. The smallest absolute Gasteiger partial charge is 0.235 e. The standard InChI is InChI=1S/C15H14N2O2/c16-12-6-2-3-7-13(12)17-15(18)11-9-19-14-8-4-1-5-10(11)14/h1-8,11H,9,16H2,(H,17,18). The molecular weight excluding hydrogens is 240 g/mol. The molecule has 0 saturated carbocycles. The second-order valence-electron chi connectivity index (χ2n) is 4.48. The minimum atomic E-state index is -0.282. The molecule has 1 atom stereocenters. The molecule has 1 unspecified atom stereocenters. The predicted octanol–water partition coefficient (Wildman–Crippen LogP) is 2.38. The monoisotopic (exact) mass is 254 g/mol. The van der Waals surface area contributed by atoms with Gasteiger partial charge in [0.2, 0.25) is 5.91 Å². The zero-order valence-corrected chi connectivity index (χ0v) is 10.3. The van der Waals surface area contributed by atoms with Gasteiger partial charge in [-0.15, -0.1) is 0 Å². The lowest BCUT2D eigenvalue weighted by Gasteiger charge is -2.11. The molecule has 1 aliphatic rings. The highest BCUT2D eigenvalue weighted by Gasteiger charge is 2.30. The third-order valence-corrected chi connectivity index (χ3v) is 3.24. The Labute approximate surface area is 111 Å². The quantitative estimate of drug-likeness (QED) is 0.809. The Balaban J connectivity index is 1.81. The summed E-state index contributed by atoms with van der Waals surface area (Å²) in [4.78, 5) is 12.3. The fourth-order valence-electron chi connectivity index (χ4n) is 2.21. The highest BCUT2D eigenvalue weighted by molar-refractivity contribution is 5.99. The molecule has 0 radical (unpaired) electrons. The average Bonchev–Trinajstić information content (AvgIpc) is 2.85. The summed E-state index contributed by atoms with van der Waals surface area (Å²) >= 11 is 0. The number of benzene rings is 2. The van der Waals surface area contributed by atoms with E-state index in [0.29, 0.717) is 18.0 Å². The number of hydrogen-bond acceptors (Lipinski definition) is 3. The van der Waals surface area contributed by atoms with E-state index in [4.69, 9.17) is 10.5 Å². The molecule has 3 N–H and O–H groups in total. The van der Waals surface area contributed by atoms with E-state index < -0.39 is 0 Å². The molecule has 96 valence electrons. The molecule has 0 spiro atoms. The van der Waals surface area contributed by atoms with E-state index in [0.717, 1.165) is 11.3 Å². The predicted molar refractivity (Wildman–Crippen MR) is 74.2 cm³/mol. The van der Waals surface area contributed by atoms with E-state index in [2.05, 4.69) is 5.32 Å². The van der Waals surface area contributed by atoms with Crippen LogP contribution in [0.5, 0.6) is 5.75 Å². The van der Waals surface area contributed by atoms with Crippen LogP contribution < -0.4 is 15.8 Å². The van der Waals surface area contributed by atoms with E-state index >= 15 is 0 Å². The second kappa shape index (κ2) is 4.65. The SMILES string of the molecule is Nc1ccccc1NC(=O)C1COc2ccccc21. The summed E-state index contributed by atoms with van der Waals surface area (Å²) in [6, 6.07) is 14.8. The molecule has 0 saturated heterocycles. The lowest BCUT2D eigenvalue weighted by atomic mass is 10.0. The number of anilines is 2. The van der Waals surface area contributed by atoms with Gasteiger partial charge in [0.15, 0.2) is 0 Å². The number of ether oxygens (including phenoxy) is 1. The molecule has 1 aliphatic heterocycles. The van der Waals surface area contributed by atoms with Crippen molar-refractivity contribution >= 4 is 17.3 Å². The van der Waals surface area contributed by atoms with E-state index in [1.54, 1.807) is 12.1 Å². The van der Waals surface area contributed by atoms with Crippen LogP contribution in [0.2, 0.25) is 0 Å². The number of amides is 1. The largest absolute Gasteiger partial charge is 0.492 e. The van der Waals surface area contributed by atoms with Crippen LogP contribution in [0.15, 0.2) is 48.5 Å². The van der Waals surface area contributed by atoms with Gasteiger partial charge in [-0.1, -0.05) is 30.3 Å². The van der Waals surface area contributed by atoms with Crippen molar-refractivity contribution < 1.29 is 9.53 Å². The highest BCUT2D eigenvalue weighted by atomic mass is 16.5. The van der Waals surface area contributed by atoms with Crippen molar-refractivity contribution in [3.63, 3.8) is 0 Å². The molecule has 3 rings (SSSR count). The van der Waals surface area contributed by atoms with E-state index in [1.165, 1.54) is 0 Å². The number of fused-ring (bicyclic) bond motifs is 1. The number of para-hydroxylation sites is 3. The second-order valence-corrected chi connectivity index (χ2v) is 4.48. The first-order valence-electron chi connectivity index (χ1n) is 6.13. The highest BCUT2D eigenvalue weighted by Crippen LogP contribution is 2.34. The van der Waals surface area contributed by atoms with Crippen molar-refractivity contribution in [3.05, 3.63) is 54.1 Å². The molecule has 0 fully saturated rings. The molecule has 0 aliphatic carbocycles. The summed E-state index contributed by atoms with van der Waals surface area (Å²) in [5.41, 5.74) is 7.94. The van der Waals surface area contributed by atoms with Gasteiger partial charge in [0.05, 0.1) is 11.4 Å². The first kappa shape index (κ1) is 11.6. The number of nitrogen functional groups attached to an aromatic ring is 1. The Morgan fingerprint density at radius 1 is 1.16 bits per heavy atom. The topological polar surface area (TPSA) is 64.3 Å². The Morgan fingerprint density at radius 2 is 1.89 bits per heavy atom. The van der Waals surface area contributed by atoms with Crippen molar-refractivity contribution in [1.29, 1.82) is 0 Å². The lowest BCUT2D eigenvalue weighted by Crippen LogP contribution is -2.22. The van der Waals surface area contributed by atoms with Crippen LogP contribution in [0.1, 0.15) is 11.5 Å². The number of carbonyl (C=O) groups is 1. The van der Waals surface area contributed by atoms with Gasteiger partial charge in [0.25, 0.3) is 0 Å². The van der Waals surface area contributed by atoms with Crippen LogP contribution in [0.4, 0.5) is 11.4 Å². The van der Waals surface area contributed by atoms with Gasteiger partial charge in [-0.3, -0.25) is 4.79 Å². The third-order valence-electron chi connectivity index (χ3n) is 3.24. The Morgan fingerprint density at radius 3 is 2.74 bits per heavy atom. The summed E-state index contributed by atoms with van der Waals surface area (Å²) in [7, 11) is 0.